The lowest BCUT2D eigenvalue weighted by Gasteiger charge is -2.14. The first kappa shape index (κ1) is 14.9. The highest BCUT2D eigenvalue weighted by Crippen LogP contribution is 2.18. The molecule has 6 heteroatoms. The van der Waals surface area contributed by atoms with E-state index in [-0.39, 0.29) is 17.7 Å². The summed E-state index contributed by atoms with van der Waals surface area (Å²) in [5.41, 5.74) is 0.521. The molecule has 0 aliphatic heterocycles. The van der Waals surface area contributed by atoms with Gasteiger partial charge in [-0.15, -0.1) is 0 Å². The van der Waals surface area contributed by atoms with E-state index in [2.05, 4.69) is 5.10 Å². The zero-order chi connectivity index (χ0) is 15.6. The summed E-state index contributed by atoms with van der Waals surface area (Å²) in [6, 6.07) is 7.62. The van der Waals surface area contributed by atoms with E-state index in [1.807, 2.05) is 6.07 Å². The first-order valence-electron chi connectivity index (χ1n) is 6.36. The Morgan fingerprint density at radius 3 is 2.71 bits per heavy atom. The van der Waals surface area contributed by atoms with Crippen molar-refractivity contribution in [3.8, 4) is 6.07 Å². The summed E-state index contributed by atoms with van der Waals surface area (Å²) in [6.45, 7) is 3.09. The molecule has 1 heterocycles. The minimum Gasteiger partial charge on any atom is -0.386 e. The zero-order valence-electron chi connectivity index (χ0n) is 11.7. The monoisotopic (exact) mass is 287 g/mol. The predicted octanol–water partition coefficient (Wildman–Crippen LogP) is 1.60. The van der Waals surface area contributed by atoms with Gasteiger partial charge in [0.25, 0.3) is 5.56 Å². The SMILES string of the molecule is Cc1nn(CC(O)c2ccccc2F)c(=O)c(C#N)c1C. The number of hydrogen-bond acceptors (Lipinski definition) is 4. The number of aliphatic hydroxyl groups excluding tert-OH is 1. The molecule has 108 valence electrons. The van der Waals surface area contributed by atoms with Gasteiger partial charge in [0.1, 0.15) is 23.6 Å². The summed E-state index contributed by atoms with van der Waals surface area (Å²) < 4.78 is 14.6. The molecule has 0 aliphatic rings. The number of halogens is 1. The molecule has 1 unspecified atom stereocenters. The molecule has 2 rings (SSSR count). The third-order valence-electron chi connectivity index (χ3n) is 3.36. The summed E-state index contributed by atoms with van der Waals surface area (Å²) in [5.74, 6) is -0.553. The molecule has 1 N–H and O–H groups in total. The van der Waals surface area contributed by atoms with Crippen LogP contribution in [0.2, 0.25) is 0 Å². The normalized spacial score (nSPS) is 12.0. The van der Waals surface area contributed by atoms with Crippen molar-refractivity contribution in [2.45, 2.75) is 26.5 Å². The first-order valence-corrected chi connectivity index (χ1v) is 6.36. The van der Waals surface area contributed by atoms with E-state index in [9.17, 15) is 14.3 Å². The molecule has 0 saturated heterocycles. The average molecular weight is 287 g/mol. The van der Waals surface area contributed by atoms with Gasteiger partial charge in [0.15, 0.2) is 0 Å². The Hall–Kier alpha value is -2.52. The van der Waals surface area contributed by atoms with Crippen molar-refractivity contribution in [3.63, 3.8) is 0 Å². The Kier molecular flexibility index (Phi) is 4.15. The van der Waals surface area contributed by atoms with Crippen LogP contribution in [-0.2, 0) is 6.54 Å². The smallest absolute Gasteiger partial charge is 0.285 e. The van der Waals surface area contributed by atoms with Crippen LogP contribution in [0.5, 0.6) is 0 Å². The minimum absolute atomic E-state index is 0.0109. The number of nitriles is 1. The van der Waals surface area contributed by atoms with Crippen LogP contribution in [-0.4, -0.2) is 14.9 Å². The number of hydrogen-bond donors (Lipinski definition) is 1. The fourth-order valence-electron chi connectivity index (χ4n) is 2.03. The summed E-state index contributed by atoms with van der Waals surface area (Å²) in [6.07, 6.45) is -1.22. The summed E-state index contributed by atoms with van der Waals surface area (Å²) in [5, 5.41) is 23.2. The van der Waals surface area contributed by atoms with Crippen molar-refractivity contribution < 1.29 is 9.50 Å². The van der Waals surface area contributed by atoms with Crippen LogP contribution in [0.1, 0.15) is 28.5 Å². The quantitative estimate of drug-likeness (QED) is 0.930. The van der Waals surface area contributed by atoms with Gasteiger partial charge in [-0.2, -0.15) is 10.4 Å². The molecule has 2 aromatic rings. The minimum atomic E-state index is -1.22. The third-order valence-corrected chi connectivity index (χ3v) is 3.36. The van der Waals surface area contributed by atoms with Gasteiger partial charge in [-0.3, -0.25) is 4.79 Å². The van der Waals surface area contributed by atoms with Crippen LogP contribution in [0.25, 0.3) is 0 Å². The van der Waals surface area contributed by atoms with Gasteiger partial charge in [-0.1, -0.05) is 18.2 Å². The lowest BCUT2D eigenvalue weighted by Crippen LogP contribution is -2.29. The molecule has 0 saturated carbocycles. The summed E-state index contributed by atoms with van der Waals surface area (Å²) in [7, 11) is 0. The van der Waals surface area contributed by atoms with E-state index in [1.54, 1.807) is 19.9 Å². The molecule has 0 aliphatic carbocycles. The Balaban J connectivity index is 2.42. The standard InChI is InChI=1S/C15H14FN3O2/c1-9-10(2)18-19(15(21)12(9)7-17)8-14(20)11-5-3-4-6-13(11)16/h3-6,14,20H,8H2,1-2H3. The van der Waals surface area contributed by atoms with E-state index >= 15 is 0 Å². The van der Waals surface area contributed by atoms with Crippen molar-refractivity contribution in [3.05, 3.63) is 62.8 Å². The van der Waals surface area contributed by atoms with Gasteiger partial charge in [0.2, 0.25) is 0 Å². The highest BCUT2D eigenvalue weighted by molar-refractivity contribution is 5.36. The van der Waals surface area contributed by atoms with E-state index in [0.717, 1.165) is 4.68 Å². The molecule has 0 amide bonds. The van der Waals surface area contributed by atoms with Gasteiger partial charge < -0.3 is 5.11 Å². The highest BCUT2D eigenvalue weighted by Gasteiger charge is 2.17. The molecule has 1 atom stereocenters. The van der Waals surface area contributed by atoms with E-state index in [1.165, 1.54) is 18.2 Å². The van der Waals surface area contributed by atoms with E-state index in [0.29, 0.717) is 11.3 Å². The lowest BCUT2D eigenvalue weighted by molar-refractivity contribution is 0.144. The average Bonchev–Trinajstić information content (AvgIpc) is 2.45. The number of benzene rings is 1. The van der Waals surface area contributed by atoms with Crippen LogP contribution in [0.15, 0.2) is 29.1 Å². The fraction of sp³-hybridized carbons (Fsp3) is 0.267. The molecule has 1 aromatic heterocycles. The molecule has 5 nitrogen and oxygen atoms in total. The van der Waals surface area contributed by atoms with Gasteiger partial charge in [0, 0.05) is 5.56 Å². The van der Waals surface area contributed by atoms with Gasteiger partial charge in [-0.05, 0) is 25.5 Å². The number of aromatic nitrogens is 2. The molecule has 0 bridgehead atoms. The number of rotatable bonds is 3. The molecular formula is C15H14FN3O2. The highest BCUT2D eigenvalue weighted by atomic mass is 19.1. The predicted molar refractivity (Wildman–Crippen MR) is 74.0 cm³/mol. The number of aryl methyl sites for hydroxylation is 1. The summed E-state index contributed by atoms with van der Waals surface area (Å²) in [4.78, 5) is 12.1. The topological polar surface area (TPSA) is 78.9 Å². The zero-order valence-corrected chi connectivity index (χ0v) is 11.7. The van der Waals surface area contributed by atoms with Crippen molar-refractivity contribution in [2.75, 3.05) is 0 Å². The maximum atomic E-state index is 13.6. The molecule has 0 spiro atoms. The Labute approximate surface area is 120 Å². The number of nitrogens with zero attached hydrogens (tertiary/aromatic N) is 3. The van der Waals surface area contributed by atoms with Crippen LogP contribution < -0.4 is 5.56 Å². The van der Waals surface area contributed by atoms with Crippen LogP contribution >= 0.6 is 0 Å². The van der Waals surface area contributed by atoms with Gasteiger partial charge >= 0.3 is 0 Å². The van der Waals surface area contributed by atoms with E-state index < -0.39 is 17.5 Å². The van der Waals surface area contributed by atoms with Gasteiger partial charge in [0.05, 0.1) is 12.2 Å². The second-order valence-electron chi connectivity index (χ2n) is 4.72. The molecular weight excluding hydrogens is 273 g/mol. The van der Waals surface area contributed by atoms with Crippen LogP contribution in [0, 0.1) is 31.0 Å². The largest absolute Gasteiger partial charge is 0.386 e. The Bertz CT molecular complexity index is 777. The molecule has 21 heavy (non-hydrogen) atoms. The molecule has 0 radical (unpaired) electrons. The Morgan fingerprint density at radius 2 is 2.10 bits per heavy atom. The van der Waals surface area contributed by atoms with Crippen LogP contribution in [0.4, 0.5) is 4.39 Å². The van der Waals surface area contributed by atoms with E-state index in [4.69, 9.17) is 5.26 Å². The molecule has 0 fully saturated rings. The third kappa shape index (κ3) is 2.83. The first-order chi connectivity index (χ1) is 9.95. The second kappa shape index (κ2) is 5.85. The summed E-state index contributed by atoms with van der Waals surface area (Å²) >= 11 is 0. The fourth-order valence-corrected chi connectivity index (χ4v) is 2.03. The second-order valence-corrected chi connectivity index (χ2v) is 4.72. The van der Waals surface area contributed by atoms with Crippen molar-refractivity contribution in [1.82, 2.24) is 9.78 Å². The van der Waals surface area contributed by atoms with Crippen LogP contribution in [0.3, 0.4) is 0 Å². The van der Waals surface area contributed by atoms with Crippen molar-refractivity contribution in [2.24, 2.45) is 0 Å². The van der Waals surface area contributed by atoms with Gasteiger partial charge in [-0.25, -0.2) is 9.07 Å². The lowest BCUT2D eigenvalue weighted by atomic mass is 10.1. The number of aliphatic hydroxyl groups is 1. The molecule has 1 aromatic carbocycles. The Morgan fingerprint density at radius 1 is 1.43 bits per heavy atom. The van der Waals surface area contributed by atoms with Crippen molar-refractivity contribution >= 4 is 0 Å². The maximum Gasteiger partial charge on any atom is 0.285 e. The maximum absolute atomic E-state index is 13.6. The van der Waals surface area contributed by atoms with Crippen molar-refractivity contribution in [1.29, 1.82) is 5.26 Å².